The van der Waals surface area contributed by atoms with Crippen molar-refractivity contribution in [2.45, 2.75) is 13.1 Å². The molecule has 0 radical (unpaired) electrons. The zero-order chi connectivity index (χ0) is 15.5. The van der Waals surface area contributed by atoms with Crippen LogP contribution in [-0.2, 0) is 13.1 Å². The van der Waals surface area contributed by atoms with Crippen LogP contribution in [0.2, 0.25) is 0 Å². The fourth-order valence-electron chi connectivity index (χ4n) is 2.62. The fourth-order valence-corrected chi connectivity index (χ4v) is 3.28. The van der Waals surface area contributed by atoms with E-state index in [1.54, 1.807) is 17.5 Å². The van der Waals surface area contributed by atoms with E-state index in [1.807, 2.05) is 29.3 Å². The first kappa shape index (κ1) is 14.0. The summed E-state index contributed by atoms with van der Waals surface area (Å²) in [5, 5.41) is 8.53. The standard InChI is InChI=1S/C18H16N4S/c1-7-20-22(9-1)13-15-2-4-17(5-3-15)18-19-8-10-21(18)12-16-6-11-23-14-16/h1-11,14H,12-13H2. The van der Waals surface area contributed by atoms with E-state index in [-0.39, 0.29) is 0 Å². The highest BCUT2D eigenvalue weighted by atomic mass is 32.1. The van der Waals surface area contributed by atoms with Crippen molar-refractivity contribution in [1.82, 2.24) is 19.3 Å². The van der Waals surface area contributed by atoms with E-state index in [9.17, 15) is 0 Å². The third-order valence-electron chi connectivity index (χ3n) is 3.76. The number of hydrogen-bond acceptors (Lipinski definition) is 3. The molecule has 3 aromatic heterocycles. The summed E-state index contributed by atoms with van der Waals surface area (Å²) >= 11 is 1.72. The zero-order valence-electron chi connectivity index (χ0n) is 12.5. The average molecular weight is 320 g/mol. The Bertz CT molecular complexity index is 858. The minimum absolute atomic E-state index is 0.788. The summed E-state index contributed by atoms with van der Waals surface area (Å²) in [6, 6.07) is 12.6. The Morgan fingerprint density at radius 3 is 2.57 bits per heavy atom. The number of benzene rings is 1. The maximum Gasteiger partial charge on any atom is 0.140 e. The zero-order valence-corrected chi connectivity index (χ0v) is 13.4. The molecule has 0 atom stereocenters. The lowest BCUT2D eigenvalue weighted by atomic mass is 10.1. The first-order valence-electron chi connectivity index (χ1n) is 7.47. The summed E-state index contributed by atoms with van der Waals surface area (Å²) in [6.07, 6.45) is 7.67. The molecule has 3 heterocycles. The van der Waals surface area contributed by atoms with Gasteiger partial charge in [0.15, 0.2) is 0 Å². The topological polar surface area (TPSA) is 35.6 Å². The van der Waals surface area contributed by atoms with Gasteiger partial charge in [0.05, 0.1) is 6.54 Å². The molecule has 0 unspecified atom stereocenters. The van der Waals surface area contributed by atoms with Gasteiger partial charge in [0.1, 0.15) is 5.82 Å². The molecule has 5 heteroatoms. The van der Waals surface area contributed by atoms with Crippen LogP contribution in [0.1, 0.15) is 11.1 Å². The number of aromatic nitrogens is 4. The summed E-state index contributed by atoms with van der Waals surface area (Å²) in [4.78, 5) is 4.52. The van der Waals surface area contributed by atoms with Crippen LogP contribution in [0.25, 0.3) is 11.4 Å². The normalized spacial score (nSPS) is 11.0. The summed E-state index contributed by atoms with van der Waals surface area (Å²) in [6.45, 7) is 1.64. The molecular formula is C18H16N4S. The minimum Gasteiger partial charge on any atom is -0.327 e. The van der Waals surface area contributed by atoms with Crippen molar-refractivity contribution in [3.63, 3.8) is 0 Å². The van der Waals surface area contributed by atoms with Gasteiger partial charge in [-0.3, -0.25) is 4.68 Å². The maximum atomic E-state index is 4.52. The van der Waals surface area contributed by atoms with Crippen molar-refractivity contribution in [1.29, 1.82) is 0 Å². The van der Waals surface area contributed by atoms with Gasteiger partial charge in [0.2, 0.25) is 0 Å². The molecule has 0 saturated heterocycles. The smallest absolute Gasteiger partial charge is 0.140 e. The third kappa shape index (κ3) is 3.10. The number of thiophene rings is 1. The summed E-state index contributed by atoms with van der Waals surface area (Å²) in [5.74, 6) is 1.00. The molecule has 0 N–H and O–H groups in total. The van der Waals surface area contributed by atoms with Crippen molar-refractivity contribution in [2.75, 3.05) is 0 Å². The summed E-state index contributed by atoms with van der Waals surface area (Å²) in [7, 11) is 0. The molecule has 0 saturated carbocycles. The van der Waals surface area contributed by atoms with E-state index < -0.39 is 0 Å². The third-order valence-corrected chi connectivity index (χ3v) is 4.50. The highest BCUT2D eigenvalue weighted by Crippen LogP contribution is 2.20. The largest absolute Gasteiger partial charge is 0.327 e. The van der Waals surface area contributed by atoms with Gasteiger partial charge < -0.3 is 4.57 Å². The molecule has 114 valence electrons. The van der Waals surface area contributed by atoms with Gasteiger partial charge in [-0.25, -0.2) is 4.98 Å². The SMILES string of the molecule is c1cnn(Cc2ccc(-c3nccn3Cc3ccsc3)cc2)c1. The van der Waals surface area contributed by atoms with Gasteiger partial charge >= 0.3 is 0 Å². The van der Waals surface area contributed by atoms with Crippen LogP contribution >= 0.6 is 11.3 Å². The highest BCUT2D eigenvalue weighted by molar-refractivity contribution is 7.07. The van der Waals surface area contributed by atoms with Gasteiger partial charge in [0, 0.05) is 36.9 Å². The van der Waals surface area contributed by atoms with Gasteiger partial charge in [-0.15, -0.1) is 0 Å². The van der Waals surface area contributed by atoms with Gasteiger partial charge in [0.25, 0.3) is 0 Å². The van der Waals surface area contributed by atoms with Crippen molar-refractivity contribution in [2.24, 2.45) is 0 Å². The van der Waals surface area contributed by atoms with Crippen LogP contribution in [0, 0.1) is 0 Å². The Morgan fingerprint density at radius 2 is 1.83 bits per heavy atom. The molecule has 0 aliphatic carbocycles. The van der Waals surface area contributed by atoms with Gasteiger partial charge in [-0.1, -0.05) is 24.3 Å². The van der Waals surface area contributed by atoms with Crippen molar-refractivity contribution in [3.8, 4) is 11.4 Å². The van der Waals surface area contributed by atoms with Crippen molar-refractivity contribution >= 4 is 11.3 Å². The summed E-state index contributed by atoms with van der Waals surface area (Å²) in [5.41, 5.74) is 3.67. The molecule has 0 amide bonds. The van der Waals surface area contributed by atoms with Crippen molar-refractivity contribution < 1.29 is 0 Å². The lowest BCUT2D eigenvalue weighted by molar-refractivity contribution is 0.687. The van der Waals surface area contributed by atoms with Crippen molar-refractivity contribution in [3.05, 3.63) is 83.1 Å². The Balaban J connectivity index is 1.55. The monoisotopic (exact) mass is 320 g/mol. The number of nitrogens with zero attached hydrogens (tertiary/aromatic N) is 4. The van der Waals surface area contributed by atoms with Gasteiger partial charge in [-0.05, 0) is 34.0 Å². The summed E-state index contributed by atoms with van der Waals surface area (Å²) < 4.78 is 4.11. The molecule has 4 nitrogen and oxygen atoms in total. The molecule has 1 aromatic carbocycles. The van der Waals surface area contributed by atoms with Crippen LogP contribution in [0.15, 0.2) is 71.9 Å². The van der Waals surface area contributed by atoms with E-state index >= 15 is 0 Å². The molecular weight excluding hydrogens is 304 g/mol. The number of rotatable bonds is 5. The average Bonchev–Trinajstić information content (AvgIpc) is 3.31. The molecule has 4 rings (SSSR count). The Hall–Kier alpha value is -2.66. The number of hydrogen-bond donors (Lipinski definition) is 0. The molecule has 4 aromatic rings. The fraction of sp³-hybridized carbons (Fsp3) is 0.111. The first-order chi connectivity index (χ1) is 11.4. The lowest BCUT2D eigenvalue weighted by Crippen LogP contribution is -2.01. The molecule has 23 heavy (non-hydrogen) atoms. The van der Waals surface area contributed by atoms with Crippen LogP contribution < -0.4 is 0 Å². The predicted molar refractivity (Wildman–Crippen MR) is 92.4 cm³/mol. The molecule has 0 aliphatic heterocycles. The molecule has 0 spiro atoms. The van der Waals surface area contributed by atoms with E-state index in [4.69, 9.17) is 0 Å². The lowest BCUT2D eigenvalue weighted by Gasteiger charge is -2.08. The molecule has 0 fully saturated rings. The van der Waals surface area contributed by atoms with E-state index in [0.29, 0.717) is 0 Å². The van der Waals surface area contributed by atoms with Crippen LogP contribution in [0.3, 0.4) is 0 Å². The maximum absolute atomic E-state index is 4.52. The first-order valence-corrected chi connectivity index (χ1v) is 8.42. The highest BCUT2D eigenvalue weighted by Gasteiger charge is 2.07. The van der Waals surface area contributed by atoms with Crippen LogP contribution in [0.5, 0.6) is 0 Å². The molecule has 0 bridgehead atoms. The predicted octanol–water partition coefficient (Wildman–Crippen LogP) is 3.90. The Kier molecular flexibility index (Phi) is 3.78. The Morgan fingerprint density at radius 1 is 0.913 bits per heavy atom. The van der Waals surface area contributed by atoms with E-state index in [0.717, 1.165) is 24.5 Å². The second-order valence-corrected chi connectivity index (χ2v) is 6.19. The van der Waals surface area contributed by atoms with Crippen LogP contribution in [0.4, 0.5) is 0 Å². The van der Waals surface area contributed by atoms with E-state index in [1.165, 1.54) is 11.1 Å². The second-order valence-electron chi connectivity index (χ2n) is 5.41. The minimum atomic E-state index is 0.788. The second kappa shape index (κ2) is 6.22. The quantitative estimate of drug-likeness (QED) is 0.559. The Labute approximate surface area is 138 Å². The van der Waals surface area contributed by atoms with Gasteiger partial charge in [-0.2, -0.15) is 16.4 Å². The molecule has 0 aliphatic rings. The van der Waals surface area contributed by atoms with Crippen LogP contribution in [-0.4, -0.2) is 19.3 Å². The van der Waals surface area contributed by atoms with E-state index in [2.05, 4.69) is 55.7 Å². The number of imidazole rings is 1.